The van der Waals surface area contributed by atoms with Crippen LogP contribution in [0.3, 0.4) is 0 Å². The number of para-hydroxylation sites is 1. The molecule has 1 aromatic heterocycles. The van der Waals surface area contributed by atoms with Crippen LogP contribution in [0.4, 0.5) is 11.5 Å². The van der Waals surface area contributed by atoms with E-state index < -0.39 is 0 Å². The number of hydrogen-bond acceptors (Lipinski definition) is 3. The molecule has 2 heterocycles. The van der Waals surface area contributed by atoms with Gasteiger partial charge in [0.1, 0.15) is 11.0 Å². The van der Waals surface area contributed by atoms with Gasteiger partial charge in [0.25, 0.3) is 0 Å². The molecule has 0 radical (unpaired) electrons. The summed E-state index contributed by atoms with van der Waals surface area (Å²) in [4.78, 5) is 6.55. The maximum Gasteiger partial charge on any atom is 0.136 e. The van der Waals surface area contributed by atoms with E-state index in [1.165, 1.54) is 17.7 Å². The normalized spacial score (nSPS) is 14.3. The zero-order valence-electron chi connectivity index (χ0n) is 11.0. The molecule has 0 amide bonds. The van der Waals surface area contributed by atoms with Crippen LogP contribution >= 0.6 is 11.6 Å². The monoisotopic (exact) mass is 283 g/mol. The minimum Gasteiger partial charge on any atom is -0.326 e. The minimum atomic E-state index is 0.362. The van der Waals surface area contributed by atoms with E-state index in [-0.39, 0.29) is 0 Å². The fourth-order valence-corrected chi connectivity index (χ4v) is 2.82. The Labute approximate surface area is 123 Å². The van der Waals surface area contributed by atoms with Crippen molar-refractivity contribution in [3.05, 3.63) is 52.7 Å². The van der Waals surface area contributed by atoms with Crippen molar-refractivity contribution < 1.29 is 0 Å². The van der Waals surface area contributed by atoms with Crippen LogP contribution in [0.1, 0.15) is 24.0 Å². The molecule has 0 spiro atoms. The fraction of sp³-hybridized carbons (Fsp3) is 0.250. The van der Waals surface area contributed by atoms with Crippen LogP contribution in [0.25, 0.3) is 0 Å². The Balaban J connectivity index is 2.10. The zero-order chi connectivity index (χ0) is 13.9. The third-order valence-corrected chi connectivity index (χ3v) is 3.74. The summed E-state index contributed by atoms with van der Waals surface area (Å²) in [6.07, 6.45) is 3.35. The standard InChI is InChI=1S/C16H14ClN3/c17-15-9-12(11-18)10-16(19-15)20-8-4-3-6-13-5-1-2-7-14(13)20/h1-2,5,7,9-10H,3-4,6,8H2. The maximum absolute atomic E-state index is 9.08. The minimum absolute atomic E-state index is 0.362. The largest absolute Gasteiger partial charge is 0.326 e. The zero-order valence-corrected chi connectivity index (χ0v) is 11.8. The van der Waals surface area contributed by atoms with E-state index in [1.807, 2.05) is 6.07 Å². The number of pyridine rings is 1. The topological polar surface area (TPSA) is 39.9 Å². The summed E-state index contributed by atoms with van der Waals surface area (Å²) < 4.78 is 0. The first-order valence-corrected chi connectivity index (χ1v) is 7.09. The lowest BCUT2D eigenvalue weighted by Gasteiger charge is -2.24. The predicted molar refractivity (Wildman–Crippen MR) is 80.3 cm³/mol. The molecule has 2 aromatic rings. The van der Waals surface area contributed by atoms with Crippen LogP contribution in [0.15, 0.2) is 36.4 Å². The number of rotatable bonds is 1. The summed E-state index contributed by atoms with van der Waals surface area (Å²) in [6.45, 7) is 0.898. The van der Waals surface area contributed by atoms with Gasteiger partial charge in [-0.1, -0.05) is 29.8 Å². The van der Waals surface area contributed by atoms with Crippen LogP contribution in [-0.2, 0) is 6.42 Å². The molecule has 0 atom stereocenters. The first kappa shape index (κ1) is 13.0. The van der Waals surface area contributed by atoms with E-state index in [2.05, 4.69) is 34.2 Å². The van der Waals surface area contributed by atoms with Crippen molar-refractivity contribution in [1.82, 2.24) is 4.98 Å². The molecule has 0 unspecified atom stereocenters. The average molecular weight is 284 g/mol. The van der Waals surface area contributed by atoms with Gasteiger partial charge in [-0.05, 0) is 43.0 Å². The van der Waals surface area contributed by atoms with Crippen LogP contribution in [0.2, 0.25) is 5.15 Å². The molecule has 0 bridgehead atoms. The van der Waals surface area contributed by atoms with E-state index in [1.54, 1.807) is 12.1 Å². The maximum atomic E-state index is 9.08. The summed E-state index contributed by atoms with van der Waals surface area (Å²) in [5, 5.41) is 9.44. The number of fused-ring (bicyclic) bond motifs is 1. The molecule has 100 valence electrons. The summed E-state index contributed by atoms with van der Waals surface area (Å²) in [6, 6.07) is 13.9. The van der Waals surface area contributed by atoms with Gasteiger partial charge in [-0.3, -0.25) is 0 Å². The Morgan fingerprint density at radius 1 is 1.20 bits per heavy atom. The Kier molecular flexibility index (Phi) is 3.58. The molecule has 1 aliphatic heterocycles. The number of halogens is 1. The van der Waals surface area contributed by atoms with Gasteiger partial charge in [0.05, 0.1) is 11.6 Å². The van der Waals surface area contributed by atoms with Gasteiger partial charge < -0.3 is 4.90 Å². The summed E-state index contributed by atoms with van der Waals surface area (Å²) in [5.74, 6) is 0.753. The van der Waals surface area contributed by atoms with E-state index >= 15 is 0 Å². The van der Waals surface area contributed by atoms with Crippen molar-refractivity contribution in [3.8, 4) is 6.07 Å². The lowest BCUT2D eigenvalue weighted by molar-refractivity contribution is 0.758. The van der Waals surface area contributed by atoms with Crippen molar-refractivity contribution in [1.29, 1.82) is 5.26 Å². The van der Waals surface area contributed by atoms with Crippen molar-refractivity contribution in [3.63, 3.8) is 0 Å². The second kappa shape index (κ2) is 5.52. The number of nitriles is 1. The first-order chi connectivity index (χ1) is 9.78. The van der Waals surface area contributed by atoms with E-state index in [9.17, 15) is 0 Å². The predicted octanol–water partition coefficient (Wildman–Crippen LogP) is 4.08. The van der Waals surface area contributed by atoms with Crippen LogP contribution < -0.4 is 4.90 Å². The SMILES string of the molecule is N#Cc1cc(Cl)nc(N2CCCCc3ccccc32)c1. The number of anilines is 2. The molecule has 3 rings (SSSR count). The lowest BCUT2D eigenvalue weighted by Crippen LogP contribution is -2.19. The molecular formula is C16H14ClN3. The van der Waals surface area contributed by atoms with Gasteiger partial charge in [-0.15, -0.1) is 0 Å². The van der Waals surface area contributed by atoms with E-state index in [0.717, 1.165) is 25.2 Å². The second-order valence-corrected chi connectivity index (χ2v) is 5.27. The Morgan fingerprint density at radius 2 is 2.05 bits per heavy atom. The molecule has 4 heteroatoms. The third-order valence-electron chi connectivity index (χ3n) is 3.55. The molecule has 1 aliphatic rings. The molecule has 0 aliphatic carbocycles. The highest BCUT2D eigenvalue weighted by Crippen LogP contribution is 2.32. The lowest BCUT2D eigenvalue weighted by atomic mass is 10.1. The number of benzene rings is 1. The van der Waals surface area contributed by atoms with Crippen molar-refractivity contribution in [2.75, 3.05) is 11.4 Å². The molecular weight excluding hydrogens is 270 g/mol. The fourth-order valence-electron chi connectivity index (χ4n) is 2.62. The summed E-state index contributed by atoms with van der Waals surface area (Å²) >= 11 is 6.03. The van der Waals surface area contributed by atoms with Crippen LogP contribution in [-0.4, -0.2) is 11.5 Å². The molecule has 0 N–H and O–H groups in total. The van der Waals surface area contributed by atoms with Gasteiger partial charge in [0, 0.05) is 12.2 Å². The molecule has 0 fully saturated rings. The van der Waals surface area contributed by atoms with Crippen molar-refractivity contribution >= 4 is 23.1 Å². The van der Waals surface area contributed by atoms with Gasteiger partial charge in [-0.25, -0.2) is 4.98 Å². The van der Waals surface area contributed by atoms with Gasteiger partial charge in [-0.2, -0.15) is 5.26 Å². The Morgan fingerprint density at radius 3 is 2.90 bits per heavy atom. The molecule has 3 nitrogen and oxygen atoms in total. The molecule has 20 heavy (non-hydrogen) atoms. The number of hydrogen-bond donors (Lipinski definition) is 0. The van der Waals surface area contributed by atoms with Crippen LogP contribution in [0.5, 0.6) is 0 Å². The third kappa shape index (κ3) is 2.48. The highest BCUT2D eigenvalue weighted by Gasteiger charge is 2.18. The highest BCUT2D eigenvalue weighted by molar-refractivity contribution is 6.29. The first-order valence-electron chi connectivity index (χ1n) is 6.71. The summed E-state index contributed by atoms with van der Waals surface area (Å²) in [7, 11) is 0. The molecule has 0 saturated carbocycles. The average Bonchev–Trinajstić information content (AvgIpc) is 2.69. The van der Waals surface area contributed by atoms with Gasteiger partial charge in [0.2, 0.25) is 0 Å². The Bertz CT molecular complexity index is 676. The van der Waals surface area contributed by atoms with E-state index in [4.69, 9.17) is 16.9 Å². The molecule has 1 aromatic carbocycles. The summed E-state index contributed by atoms with van der Waals surface area (Å²) in [5.41, 5.74) is 3.04. The smallest absolute Gasteiger partial charge is 0.136 e. The number of aryl methyl sites for hydroxylation is 1. The van der Waals surface area contributed by atoms with Crippen molar-refractivity contribution in [2.45, 2.75) is 19.3 Å². The Hall–Kier alpha value is -2.05. The number of aromatic nitrogens is 1. The molecule has 0 saturated heterocycles. The van der Waals surface area contributed by atoms with E-state index in [0.29, 0.717) is 10.7 Å². The van der Waals surface area contributed by atoms with Crippen LogP contribution in [0, 0.1) is 11.3 Å². The quantitative estimate of drug-likeness (QED) is 0.740. The van der Waals surface area contributed by atoms with Gasteiger partial charge >= 0.3 is 0 Å². The second-order valence-electron chi connectivity index (χ2n) is 4.89. The van der Waals surface area contributed by atoms with Crippen molar-refractivity contribution in [2.24, 2.45) is 0 Å². The number of nitrogens with zero attached hydrogens (tertiary/aromatic N) is 3. The highest BCUT2D eigenvalue weighted by atomic mass is 35.5. The van der Waals surface area contributed by atoms with Gasteiger partial charge in [0.15, 0.2) is 0 Å².